The van der Waals surface area contributed by atoms with Gasteiger partial charge in [-0.2, -0.15) is 0 Å². The van der Waals surface area contributed by atoms with Gasteiger partial charge >= 0.3 is 0 Å². The minimum absolute atomic E-state index is 0.0980. The molecular formula is C17H18ClN5S. The van der Waals surface area contributed by atoms with Gasteiger partial charge in [0.1, 0.15) is 10.9 Å². The van der Waals surface area contributed by atoms with Gasteiger partial charge in [0.2, 0.25) is 0 Å². The van der Waals surface area contributed by atoms with Crippen LogP contribution < -0.4 is 0 Å². The van der Waals surface area contributed by atoms with Gasteiger partial charge in [-0.05, 0) is 30.0 Å². The predicted octanol–water partition coefficient (Wildman–Crippen LogP) is 4.37. The van der Waals surface area contributed by atoms with Gasteiger partial charge in [0.15, 0.2) is 11.0 Å². The van der Waals surface area contributed by atoms with E-state index in [4.69, 9.17) is 11.6 Å². The molecule has 0 aliphatic heterocycles. The van der Waals surface area contributed by atoms with Gasteiger partial charge in [0.05, 0.1) is 5.02 Å². The second-order valence-corrected chi connectivity index (χ2v) is 7.81. The number of benzene rings is 1. The van der Waals surface area contributed by atoms with Crippen LogP contribution >= 0.6 is 23.4 Å². The third kappa shape index (κ3) is 3.44. The van der Waals surface area contributed by atoms with Crippen molar-refractivity contribution in [1.29, 1.82) is 0 Å². The SMILES string of the molecule is Cn1c(Sc2ccnc(C(C)(C)C)n2)nnc1-c1ccccc1Cl. The van der Waals surface area contributed by atoms with E-state index < -0.39 is 0 Å². The van der Waals surface area contributed by atoms with E-state index >= 15 is 0 Å². The minimum Gasteiger partial charge on any atom is -0.305 e. The van der Waals surface area contributed by atoms with Crippen molar-refractivity contribution in [3.63, 3.8) is 0 Å². The highest BCUT2D eigenvalue weighted by atomic mass is 35.5. The molecule has 0 unspecified atom stereocenters. The van der Waals surface area contributed by atoms with E-state index in [0.29, 0.717) is 5.02 Å². The molecule has 0 N–H and O–H groups in total. The lowest BCUT2D eigenvalue weighted by Crippen LogP contribution is -2.15. The summed E-state index contributed by atoms with van der Waals surface area (Å²) < 4.78 is 1.92. The molecule has 3 rings (SSSR count). The van der Waals surface area contributed by atoms with Crippen LogP contribution in [0.5, 0.6) is 0 Å². The molecule has 2 aromatic heterocycles. The maximum absolute atomic E-state index is 6.26. The second kappa shape index (κ2) is 6.53. The summed E-state index contributed by atoms with van der Waals surface area (Å²) in [6, 6.07) is 9.49. The second-order valence-electron chi connectivity index (χ2n) is 6.42. The number of hydrogen-bond acceptors (Lipinski definition) is 5. The van der Waals surface area contributed by atoms with Crippen molar-refractivity contribution < 1.29 is 0 Å². The lowest BCUT2D eigenvalue weighted by atomic mass is 9.96. The van der Waals surface area contributed by atoms with Crippen LogP contribution in [0.3, 0.4) is 0 Å². The molecule has 2 heterocycles. The zero-order valence-electron chi connectivity index (χ0n) is 14.0. The predicted molar refractivity (Wildman–Crippen MR) is 96.3 cm³/mol. The first-order chi connectivity index (χ1) is 11.4. The zero-order valence-corrected chi connectivity index (χ0v) is 15.6. The molecular weight excluding hydrogens is 342 g/mol. The van der Waals surface area contributed by atoms with E-state index in [2.05, 4.69) is 40.9 Å². The molecule has 3 aromatic rings. The standard InChI is InChI=1S/C17H18ClN5S/c1-17(2,3)15-19-10-9-13(20-15)24-16-22-21-14(23(16)4)11-7-5-6-8-12(11)18/h5-10H,1-4H3. The van der Waals surface area contributed by atoms with Crippen molar-refractivity contribution in [2.45, 2.75) is 36.4 Å². The topological polar surface area (TPSA) is 56.5 Å². The normalized spacial score (nSPS) is 11.7. The summed E-state index contributed by atoms with van der Waals surface area (Å²) in [5, 5.41) is 10.8. The highest BCUT2D eigenvalue weighted by Gasteiger charge is 2.19. The Labute approximate surface area is 150 Å². The Bertz CT molecular complexity index is 869. The van der Waals surface area contributed by atoms with Gasteiger partial charge < -0.3 is 4.57 Å². The number of hydrogen-bond donors (Lipinski definition) is 0. The Morgan fingerprint density at radius 2 is 1.83 bits per heavy atom. The van der Waals surface area contributed by atoms with Crippen molar-refractivity contribution in [2.24, 2.45) is 7.05 Å². The molecule has 7 heteroatoms. The summed E-state index contributed by atoms with van der Waals surface area (Å²) >= 11 is 7.72. The molecule has 0 aliphatic carbocycles. The molecule has 0 saturated carbocycles. The molecule has 124 valence electrons. The molecule has 0 radical (unpaired) electrons. The van der Waals surface area contributed by atoms with Crippen LogP contribution in [0.1, 0.15) is 26.6 Å². The Balaban J connectivity index is 1.92. The van der Waals surface area contributed by atoms with Gasteiger partial charge in [0, 0.05) is 24.2 Å². The number of rotatable bonds is 3. The van der Waals surface area contributed by atoms with E-state index in [1.165, 1.54) is 11.8 Å². The third-order valence-corrected chi connectivity index (χ3v) is 4.75. The Morgan fingerprint density at radius 1 is 1.08 bits per heavy atom. The van der Waals surface area contributed by atoms with Gasteiger partial charge in [-0.15, -0.1) is 10.2 Å². The van der Waals surface area contributed by atoms with E-state index in [-0.39, 0.29) is 5.41 Å². The monoisotopic (exact) mass is 359 g/mol. The van der Waals surface area contributed by atoms with Crippen molar-refractivity contribution in [3.8, 4) is 11.4 Å². The van der Waals surface area contributed by atoms with E-state index in [0.717, 1.165) is 27.4 Å². The van der Waals surface area contributed by atoms with Gasteiger partial charge in [-0.25, -0.2) is 9.97 Å². The third-order valence-electron chi connectivity index (χ3n) is 3.45. The average molecular weight is 360 g/mol. The first-order valence-corrected chi connectivity index (χ1v) is 8.71. The summed E-state index contributed by atoms with van der Waals surface area (Å²) in [7, 11) is 1.92. The van der Waals surface area contributed by atoms with Crippen LogP contribution in [0.15, 0.2) is 46.7 Å². The summed E-state index contributed by atoms with van der Waals surface area (Å²) in [5.74, 6) is 1.54. The minimum atomic E-state index is -0.0980. The largest absolute Gasteiger partial charge is 0.305 e. The summed E-state index contributed by atoms with van der Waals surface area (Å²) in [4.78, 5) is 8.98. The highest BCUT2D eigenvalue weighted by Crippen LogP contribution is 2.31. The van der Waals surface area contributed by atoms with E-state index in [1.807, 2.05) is 41.9 Å². The number of aromatic nitrogens is 5. The van der Waals surface area contributed by atoms with Crippen molar-refractivity contribution in [2.75, 3.05) is 0 Å². The summed E-state index contributed by atoms with van der Waals surface area (Å²) in [5.41, 5.74) is 0.762. The van der Waals surface area contributed by atoms with E-state index in [1.54, 1.807) is 6.20 Å². The van der Waals surface area contributed by atoms with Gasteiger partial charge in [-0.1, -0.05) is 44.5 Å². The lowest BCUT2D eigenvalue weighted by molar-refractivity contribution is 0.538. The van der Waals surface area contributed by atoms with Gasteiger partial charge in [0.25, 0.3) is 0 Å². The quantitative estimate of drug-likeness (QED) is 0.650. The summed E-state index contributed by atoms with van der Waals surface area (Å²) in [6.45, 7) is 6.28. The van der Waals surface area contributed by atoms with E-state index in [9.17, 15) is 0 Å². The maximum Gasteiger partial charge on any atom is 0.197 e. The highest BCUT2D eigenvalue weighted by molar-refractivity contribution is 7.99. The van der Waals surface area contributed by atoms with Crippen molar-refractivity contribution >= 4 is 23.4 Å². The molecule has 0 bridgehead atoms. The van der Waals surface area contributed by atoms with Crippen LogP contribution in [0.2, 0.25) is 5.02 Å². The van der Waals surface area contributed by atoms with Crippen LogP contribution in [-0.2, 0) is 12.5 Å². The fourth-order valence-corrected chi connectivity index (χ4v) is 3.11. The Morgan fingerprint density at radius 3 is 2.54 bits per heavy atom. The first-order valence-electron chi connectivity index (χ1n) is 7.52. The first kappa shape index (κ1) is 16.9. The molecule has 0 amide bonds. The van der Waals surface area contributed by atoms with Gasteiger partial charge in [-0.3, -0.25) is 0 Å². The fraction of sp³-hybridized carbons (Fsp3) is 0.294. The Hall–Kier alpha value is -1.92. The molecule has 0 spiro atoms. The zero-order chi connectivity index (χ0) is 17.3. The molecule has 0 aliphatic rings. The molecule has 1 aromatic carbocycles. The fourth-order valence-electron chi connectivity index (χ4n) is 2.13. The number of halogens is 1. The molecule has 0 saturated heterocycles. The van der Waals surface area contributed by atoms with Crippen molar-refractivity contribution in [1.82, 2.24) is 24.7 Å². The Kier molecular flexibility index (Phi) is 4.60. The molecule has 5 nitrogen and oxygen atoms in total. The maximum atomic E-state index is 6.26. The summed E-state index contributed by atoms with van der Waals surface area (Å²) in [6.07, 6.45) is 1.78. The van der Waals surface area contributed by atoms with Crippen LogP contribution in [0.4, 0.5) is 0 Å². The smallest absolute Gasteiger partial charge is 0.197 e. The molecule has 0 atom stereocenters. The number of nitrogens with zero attached hydrogens (tertiary/aromatic N) is 5. The van der Waals surface area contributed by atoms with Crippen LogP contribution in [0.25, 0.3) is 11.4 Å². The molecule has 0 fully saturated rings. The average Bonchev–Trinajstić information content (AvgIpc) is 2.88. The van der Waals surface area contributed by atoms with Crippen LogP contribution in [-0.4, -0.2) is 24.7 Å². The van der Waals surface area contributed by atoms with Crippen LogP contribution in [0, 0.1) is 0 Å². The van der Waals surface area contributed by atoms with Crippen molar-refractivity contribution in [3.05, 3.63) is 47.4 Å². The molecule has 24 heavy (non-hydrogen) atoms. The lowest BCUT2D eigenvalue weighted by Gasteiger charge is -2.16.